The van der Waals surface area contributed by atoms with Crippen molar-refractivity contribution in [3.8, 4) is 11.5 Å². The molecule has 0 unspecified atom stereocenters. The fourth-order valence-electron chi connectivity index (χ4n) is 2.93. The normalized spacial score (nSPS) is 10.1. The number of aryl methyl sites for hydroxylation is 2. The Hall–Kier alpha value is -2.44. The monoisotopic (exact) mass is 530 g/mol. The van der Waals surface area contributed by atoms with Crippen LogP contribution in [0.4, 0.5) is 0 Å². The van der Waals surface area contributed by atoms with Crippen LogP contribution in [0.1, 0.15) is 30.5 Å². The van der Waals surface area contributed by atoms with Crippen molar-refractivity contribution in [3.05, 3.63) is 81.8 Å². The lowest BCUT2D eigenvalue weighted by Gasteiger charge is -2.11. The smallest absolute Gasteiger partial charge is 0.293 e. The molecule has 0 bridgehead atoms. The van der Waals surface area contributed by atoms with Crippen LogP contribution in [0.5, 0.6) is 11.5 Å². The van der Waals surface area contributed by atoms with Gasteiger partial charge in [0.15, 0.2) is 0 Å². The standard InChI is InChI=1S/C24H25BrO2S.C3H6O2/c1-4-26-24-10-9-22(13-18(24)3)28-23-15-20(25)14-21(16-23)27-12-11-19-7-5-17(2)6-8-19;1-2-5-3-4/h5-10,13-16H,4,11-12H2,1-3H3;3H,2H2,1H3. The number of halogens is 1. The Kier molecular flexibility index (Phi) is 11.9. The highest BCUT2D eigenvalue weighted by molar-refractivity contribution is 9.10. The highest BCUT2D eigenvalue weighted by atomic mass is 79.9. The van der Waals surface area contributed by atoms with E-state index in [0.717, 1.165) is 32.9 Å². The summed E-state index contributed by atoms with van der Waals surface area (Å²) in [6.45, 7) is 10.2. The molecule has 6 heteroatoms. The minimum atomic E-state index is 0.431. The first-order valence-electron chi connectivity index (χ1n) is 10.9. The van der Waals surface area contributed by atoms with E-state index in [-0.39, 0.29) is 0 Å². The fourth-order valence-corrected chi connectivity index (χ4v) is 4.56. The third kappa shape index (κ3) is 9.93. The van der Waals surface area contributed by atoms with E-state index in [1.807, 2.05) is 19.1 Å². The van der Waals surface area contributed by atoms with Crippen molar-refractivity contribution in [2.24, 2.45) is 0 Å². The first kappa shape index (κ1) is 26.8. The van der Waals surface area contributed by atoms with Gasteiger partial charge in [0.2, 0.25) is 0 Å². The van der Waals surface area contributed by atoms with Gasteiger partial charge in [-0.3, -0.25) is 4.79 Å². The zero-order valence-electron chi connectivity index (χ0n) is 19.6. The van der Waals surface area contributed by atoms with Gasteiger partial charge in [-0.15, -0.1) is 0 Å². The number of ether oxygens (including phenoxy) is 3. The largest absolute Gasteiger partial charge is 0.494 e. The van der Waals surface area contributed by atoms with Crippen molar-refractivity contribution < 1.29 is 19.0 Å². The van der Waals surface area contributed by atoms with Gasteiger partial charge < -0.3 is 14.2 Å². The van der Waals surface area contributed by atoms with Gasteiger partial charge >= 0.3 is 0 Å². The van der Waals surface area contributed by atoms with E-state index in [2.05, 4.69) is 83.0 Å². The van der Waals surface area contributed by atoms with E-state index in [1.54, 1.807) is 18.7 Å². The Morgan fingerprint density at radius 2 is 1.64 bits per heavy atom. The van der Waals surface area contributed by atoms with Crippen LogP contribution >= 0.6 is 27.7 Å². The van der Waals surface area contributed by atoms with Gasteiger partial charge in [-0.25, -0.2) is 0 Å². The average Bonchev–Trinajstić information content (AvgIpc) is 2.78. The Balaban J connectivity index is 0.000000696. The van der Waals surface area contributed by atoms with Gasteiger partial charge in [0, 0.05) is 20.7 Å². The number of rotatable bonds is 10. The summed E-state index contributed by atoms with van der Waals surface area (Å²) in [5, 5.41) is 0. The van der Waals surface area contributed by atoms with E-state index in [4.69, 9.17) is 9.47 Å². The average molecular weight is 532 g/mol. The molecule has 0 atom stereocenters. The molecular formula is C27H31BrO4S. The predicted octanol–water partition coefficient (Wildman–Crippen LogP) is 7.42. The predicted molar refractivity (Wildman–Crippen MR) is 139 cm³/mol. The molecule has 0 saturated heterocycles. The van der Waals surface area contributed by atoms with E-state index in [0.29, 0.717) is 26.3 Å². The summed E-state index contributed by atoms with van der Waals surface area (Å²) in [5.41, 5.74) is 3.72. The molecule has 0 saturated carbocycles. The van der Waals surface area contributed by atoms with E-state index >= 15 is 0 Å². The maximum atomic E-state index is 9.18. The van der Waals surface area contributed by atoms with Crippen molar-refractivity contribution in [1.82, 2.24) is 0 Å². The van der Waals surface area contributed by atoms with Crippen LogP contribution in [0.3, 0.4) is 0 Å². The Bertz CT molecular complexity index is 1010. The molecule has 4 nitrogen and oxygen atoms in total. The molecule has 0 aliphatic rings. The summed E-state index contributed by atoms with van der Waals surface area (Å²) < 4.78 is 16.8. The van der Waals surface area contributed by atoms with Gasteiger partial charge in [0.25, 0.3) is 6.47 Å². The summed E-state index contributed by atoms with van der Waals surface area (Å²) in [7, 11) is 0. The fraction of sp³-hybridized carbons (Fsp3) is 0.296. The topological polar surface area (TPSA) is 44.8 Å². The molecule has 0 radical (unpaired) electrons. The zero-order valence-corrected chi connectivity index (χ0v) is 22.0. The molecule has 176 valence electrons. The summed E-state index contributed by atoms with van der Waals surface area (Å²) in [6, 6.07) is 21.1. The van der Waals surface area contributed by atoms with Crippen LogP contribution in [0, 0.1) is 13.8 Å². The Labute approximate surface area is 209 Å². The molecule has 0 heterocycles. The van der Waals surface area contributed by atoms with Crippen LogP contribution in [-0.2, 0) is 16.0 Å². The van der Waals surface area contributed by atoms with Crippen LogP contribution in [-0.4, -0.2) is 26.3 Å². The molecule has 3 aromatic carbocycles. The lowest BCUT2D eigenvalue weighted by molar-refractivity contribution is -0.128. The molecule has 0 spiro atoms. The lowest BCUT2D eigenvalue weighted by atomic mass is 10.1. The molecule has 33 heavy (non-hydrogen) atoms. The molecular weight excluding hydrogens is 500 g/mol. The Morgan fingerprint density at radius 3 is 2.24 bits per heavy atom. The van der Waals surface area contributed by atoms with Crippen LogP contribution in [0.2, 0.25) is 0 Å². The lowest BCUT2D eigenvalue weighted by Crippen LogP contribution is -2.01. The van der Waals surface area contributed by atoms with Gasteiger partial charge in [0.05, 0.1) is 19.8 Å². The van der Waals surface area contributed by atoms with E-state index in [9.17, 15) is 4.79 Å². The highest BCUT2D eigenvalue weighted by Gasteiger charge is 2.06. The SMILES string of the molecule is CCOC=O.CCOc1ccc(Sc2cc(Br)cc(OCCc3ccc(C)cc3)c2)cc1C. The molecule has 0 N–H and O–H groups in total. The van der Waals surface area contributed by atoms with Gasteiger partial charge in [0.1, 0.15) is 11.5 Å². The van der Waals surface area contributed by atoms with E-state index in [1.165, 1.54) is 16.0 Å². The number of carbonyl (C=O) groups excluding carboxylic acids is 1. The van der Waals surface area contributed by atoms with Crippen molar-refractivity contribution in [1.29, 1.82) is 0 Å². The third-order valence-corrected chi connectivity index (χ3v) is 5.96. The van der Waals surface area contributed by atoms with Crippen molar-refractivity contribution in [3.63, 3.8) is 0 Å². The maximum Gasteiger partial charge on any atom is 0.293 e. The molecule has 0 aliphatic carbocycles. The molecule has 3 aromatic rings. The molecule has 3 rings (SSSR count). The first-order valence-corrected chi connectivity index (χ1v) is 12.5. The van der Waals surface area contributed by atoms with Crippen molar-refractivity contribution in [2.45, 2.75) is 43.9 Å². The number of carbonyl (C=O) groups is 1. The van der Waals surface area contributed by atoms with E-state index < -0.39 is 0 Å². The molecule has 0 aromatic heterocycles. The van der Waals surface area contributed by atoms with Gasteiger partial charge in [-0.1, -0.05) is 57.5 Å². The molecule has 0 aliphatic heterocycles. The van der Waals surface area contributed by atoms with Crippen molar-refractivity contribution >= 4 is 34.2 Å². The number of hydrogen-bond donors (Lipinski definition) is 0. The Morgan fingerprint density at radius 1 is 0.879 bits per heavy atom. The van der Waals surface area contributed by atoms with Crippen LogP contribution in [0.15, 0.2) is 74.9 Å². The summed E-state index contributed by atoms with van der Waals surface area (Å²) in [6.07, 6.45) is 0.896. The van der Waals surface area contributed by atoms with Gasteiger partial charge in [-0.05, 0) is 75.2 Å². The zero-order chi connectivity index (χ0) is 24.1. The second-order valence-corrected chi connectivity index (χ2v) is 9.28. The van der Waals surface area contributed by atoms with Crippen LogP contribution < -0.4 is 9.47 Å². The highest BCUT2D eigenvalue weighted by Crippen LogP contribution is 2.35. The molecule has 0 amide bonds. The summed E-state index contributed by atoms with van der Waals surface area (Å²) in [5.74, 6) is 1.83. The quantitative estimate of drug-likeness (QED) is 0.255. The number of benzene rings is 3. The second kappa shape index (κ2) is 14.7. The van der Waals surface area contributed by atoms with Crippen LogP contribution in [0.25, 0.3) is 0 Å². The third-order valence-electron chi connectivity index (χ3n) is 4.54. The number of hydrogen-bond acceptors (Lipinski definition) is 5. The summed E-state index contributed by atoms with van der Waals surface area (Å²) in [4.78, 5) is 11.5. The van der Waals surface area contributed by atoms with Crippen molar-refractivity contribution in [2.75, 3.05) is 19.8 Å². The minimum Gasteiger partial charge on any atom is -0.494 e. The second-order valence-electron chi connectivity index (χ2n) is 7.22. The van der Waals surface area contributed by atoms with Gasteiger partial charge in [-0.2, -0.15) is 0 Å². The maximum absolute atomic E-state index is 9.18. The molecule has 0 fully saturated rings. The summed E-state index contributed by atoms with van der Waals surface area (Å²) >= 11 is 5.33. The minimum absolute atomic E-state index is 0.431. The first-order chi connectivity index (χ1) is 15.9.